The molecule has 162 valence electrons. The maximum absolute atomic E-state index is 13.7. The van der Waals surface area contributed by atoms with E-state index in [0.29, 0.717) is 27.7 Å². The second-order valence-corrected chi connectivity index (χ2v) is 8.29. The van der Waals surface area contributed by atoms with Gasteiger partial charge in [0.2, 0.25) is 5.91 Å². The lowest BCUT2D eigenvalue weighted by Gasteiger charge is -2.21. The van der Waals surface area contributed by atoms with Crippen LogP contribution in [0.25, 0.3) is 11.3 Å². The van der Waals surface area contributed by atoms with Gasteiger partial charge in [-0.3, -0.25) is 9.59 Å². The maximum atomic E-state index is 13.7. The first-order valence-electron chi connectivity index (χ1n) is 9.76. The number of carbonyl (C=O) groups excluding carboxylic acids is 2. The molecule has 3 rings (SSSR count). The summed E-state index contributed by atoms with van der Waals surface area (Å²) >= 11 is 1.21. The van der Waals surface area contributed by atoms with Crippen LogP contribution in [0.5, 0.6) is 5.75 Å². The van der Waals surface area contributed by atoms with Crippen molar-refractivity contribution < 1.29 is 18.7 Å². The molecule has 0 bridgehead atoms. The van der Waals surface area contributed by atoms with Gasteiger partial charge in [-0.1, -0.05) is 31.5 Å². The topological polar surface area (TPSA) is 80.3 Å². The molecular weight excluding hydrogens is 417 g/mol. The van der Waals surface area contributed by atoms with Crippen LogP contribution in [0, 0.1) is 18.7 Å². The molecule has 2 N–H and O–H groups in total. The monoisotopic (exact) mass is 441 g/mol. The highest BCUT2D eigenvalue weighted by atomic mass is 32.1. The Morgan fingerprint density at radius 3 is 2.48 bits per heavy atom. The van der Waals surface area contributed by atoms with Crippen LogP contribution in [0.4, 0.5) is 9.52 Å². The average molecular weight is 442 g/mol. The molecule has 0 aliphatic rings. The van der Waals surface area contributed by atoms with Gasteiger partial charge in [-0.25, -0.2) is 9.37 Å². The summed E-state index contributed by atoms with van der Waals surface area (Å²) in [5, 5.41) is 7.60. The largest absolute Gasteiger partial charge is 0.496 e. The number of aromatic nitrogens is 1. The van der Waals surface area contributed by atoms with E-state index in [4.69, 9.17) is 4.74 Å². The van der Waals surface area contributed by atoms with Crippen LogP contribution in [0.2, 0.25) is 0 Å². The highest BCUT2D eigenvalue weighted by Gasteiger charge is 2.25. The summed E-state index contributed by atoms with van der Waals surface area (Å²) in [7, 11) is 1.50. The number of ether oxygens (including phenoxy) is 1. The number of thiazole rings is 1. The lowest BCUT2D eigenvalue weighted by atomic mass is 10.0. The molecule has 0 saturated heterocycles. The molecular formula is C23H24FN3O3S. The van der Waals surface area contributed by atoms with Crippen LogP contribution in [0.3, 0.4) is 0 Å². The van der Waals surface area contributed by atoms with Crippen molar-refractivity contribution in [2.75, 3.05) is 12.4 Å². The van der Waals surface area contributed by atoms with E-state index in [1.807, 2.05) is 32.9 Å². The molecule has 31 heavy (non-hydrogen) atoms. The lowest BCUT2D eigenvalue weighted by Crippen LogP contribution is -2.47. The normalized spacial score (nSPS) is 11.8. The first-order valence-corrected chi connectivity index (χ1v) is 10.6. The fraction of sp³-hybridized carbons (Fsp3) is 0.261. The summed E-state index contributed by atoms with van der Waals surface area (Å²) in [6.45, 7) is 5.64. The Kier molecular flexibility index (Phi) is 7.02. The van der Waals surface area contributed by atoms with Crippen molar-refractivity contribution in [3.63, 3.8) is 0 Å². The minimum Gasteiger partial charge on any atom is -0.496 e. The Morgan fingerprint density at radius 2 is 1.84 bits per heavy atom. The zero-order valence-corrected chi connectivity index (χ0v) is 18.5. The molecule has 6 nitrogen and oxygen atoms in total. The number of benzene rings is 2. The molecule has 0 spiro atoms. The minimum absolute atomic E-state index is 0.142. The van der Waals surface area contributed by atoms with Crippen LogP contribution >= 0.6 is 11.3 Å². The number of halogens is 1. The molecule has 0 saturated carbocycles. The Labute approximate surface area is 184 Å². The fourth-order valence-corrected chi connectivity index (χ4v) is 3.70. The first-order chi connectivity index (χ1) is 14.8. The molecule has 0 radical (unpaired) electrons. The second kappa shape index (κ2) is 9.70. The van der Waals surface area contributed by atoms with Crippen molar-refractivity contribution in [2.45, 2.75) is 26.8 Å². The maximum Gasteiger partial charge on any atom is 0.251 e. The van der Waals surface area contributed by atoms with Crippen molar-refractivity contribution in [1.82, 2.24) is 10.3 Å². The van der Waals surface area contributed by atoms with Crippen molar-refractivity contribution in [2.24, 2.45) is 5.92 Å². The summed E-state index contributed by atoms with van der Waals surface area (Å²) in [6.07, 6.45) is 0. The molecule has 1 aromatic heterocycles. The lowest BCUT2D eigenvalue weighted by molar-refractivity contribution is -0.118. The molecule has 0 fully saturated rings. The van der Waals surface area contributed by atoms with Gasteiger partial charge in [0.15, 0.2) is 5.13 Å². The molecule has 0 aliphatic carbocycles. The fourth-order valence-electron chi connectivity index (χ4n) is 2.98. The van der Waals surface area contributed by atoms with Crippen molar-refractivity contribution in [3.8, 4) is 17.0 Å². The highest BCUT2D eigenvalue weighted by molar-refractivity contribution is 7.14. The van der Waals surface area contributed by atoms with E-state index in [-0.39, 0.29) is 17.7 Å². The number of hydrogen-bond donors (Lipinski definition) is 2. The predicted octanol–water partition coefficient (Wildman–Crippen LogP) is 4.66. The number of rotatable bonds is 7. The number of nitrogens with zero attached hydrogens (tertiary/aromatic N) is 1. The molecule has 8 heteroatoms. The van der Waals surface area contributed by atoms with E-state index in [1.165, 1.54) is 36.6 Å². The molecule has 3 aromatic rings. The number of anilines is 1. The van der Waals surface area contributed by atoms with Crippen molar-refractivity contribution in [1.29, 1.82) is 0 Å². The van der Waals surface area contributed by atoms with E-state index < -0.39 is 11.9 Å². The van der Waals surface area contributed by atoms with Gasteiger partial charge in [0, 0.05) is 16.5 Å². The van der Waals surface area contributed by atoms with Gasteiger partial charge in [-0.15, -0.1) is 11.3 Å². The third kappa shape index (κ3) is 5.46. The number of hydrogen-bond acceptors (Lipinski definition) is 5. The van der Waals surface area contributed by atoms with E-state index in [1.54, 1.807) is 17.5 Å². The van der Waals surface area contributed by atoms with E-state index >= 15 is 0 Å². The SMILES string of the molecule is COc1ccc(F)cc1-c1csc(NC(=O)C(NC(=O)c2ccc(C)cc2)C(C)C)n1. The van der Waals surface area contributed by atoms with Gasteiger partial charge in [-0.05, 0) is 43.2 Å². The van der Waals surface area contributed by atoms with Crippen LogP contribution in [-0.2, 0) is 4.79 Å². The molecule has 1 atom stereocenters. The Balaban J connectivity index is 1.74. The van der Waals surface area contributed by atoms with Gasteiger partial charge >= 0.3 is 0 Å². The summed E-state index contributed by atoms with van der Waals surface area (Å²) in [5.74, 6) is -0.763. The van der Waals surface area contributed by atoms with Crippen LogP contribution in [0.15, 0.2) is 47.8 Å². The highest BCUT2D eigenvalue weighted by Crippen LogP contribution is 2.32. The third-order valence-electron chi connectivity index (χ3n) is 4.72. The Hall–Kier alpha value is -3.26. The average Bonchev–Trinajstić information content (AvgIpc) is 3.20. The van der Waals surface area contributed by atoms with Gasteiger partial charge in [0.1, 0.15) is 17.6 Å². The summed E-state index contributed by atoms with van der Waals surface area (Å²) in [5.41, 5.74) is 2.51. The summed E-state index contributed by atoms with van der Waals surface area (Å²) in [6, 6.07) is 10.6. The van der Waals surface area contributed by atoms with Crippen molar-refractivity contribution in [3.05, 3.63) is 64.8 Å². The molecule has 2 amide bonds. The molecule has 2 aromatic carbocycles. The van der Waals surface area contributed by atoms with Gasteiger partial charge in [-0.2, -0.15) is 0 Å². The van der Waals surface area contributed by atoms with Crippen LogP contribution in [-0.4, -0.2) is 29.9 Å². The molecule has 1 heterocycles. The number of aryl methyl sites for hydroxylation is 1. The smallest absolute Gasteiger partial charge is 0.251 e. The quantitative estimate of drug-likeness (QED) is 0.559. The molecule has 1 unspecified atom stereocenters. The van der Waals surface area contributed by atoms with Crippen LogP contribution in [0.1, 0.15) is 29.8 Å². The predicted molar refractivity (Wildman–Crippen MR) is 120 cm³/mol. The third-order valence-corrected chi connectivity index (χ3v) is 5.48. The van der Waals surface area contributed by atoms with E-state index in [2.05, 4.69) is 15.6 Å². The number of nitrogens with one attached hydrogen (secondary N) is 2. The molecule has 0 aliphatic heterocycles. The van der Waals surface area contributed by atoms with Gasteiger partial charge in [0.25, 0.3) is 5.91 Å². The number of amides is 2. The summed E-state index contributed by atoms with van der Waals surface area (Å²) < 4.78 is 18.9. The Morgan fingerprint density at radius 1 is 1.13 bits per heavy atom. The van der Waals surface area contributed by atoms with E-state index in [0.717, 1.165) is 5.56 Å². The van der Waals surface area contributed by atoms with E-state index in [9.17, 15) is 14.0 Å². The van der Waals surface area contributed by atoms with Crippen LogP contribution < -0.4 is 15.4 Å². The standard InChI is InChI=1S/C23H24FN3O3S/c1-13(2)20(26-21(28)15-7-5-14(3)6-8-15)22(29)27-23-25-18(12-31-23)17-11-16(24)9-10-19(17)30-4/h5-13,20H,1-4H3,(H,26,28)(H,25,27,29). The van der Waals surface area contributed by atoms with Gasteiger partial charge < -0.3 is 15.4 Å². The van der Waals surface area contributed by atoms with Crippen molar-refractivity contribution >= 4 is 28.3 Å². The minimum atomic E-state index is -0.746. The zero-order chi connectivity index (χ0) is 22.5. The zero-order valence-electron chi connectivity index (χ0n) is 17.7. The second-order valence-electron chi connectivity index (χ2n) is 7.43. The van der Waals surface area contributed by atoms with Gasteiger partial charge in [0.05, 0.1) is 12.8 Å². The number of carbonyl (C=O) groups is 2. The first kappa shape index (κ1) is 22.4. The Bertz CT molecular complexity index is 1080. The summed E-state index contributed by atoms with van der Waals surface area (Å²) in [4.78, 5) is 29.8. The number of methoxy groups -OCH3 is 1.